The zero-order chi connectivity index (χ0) is 14.2. The Morgan fingerprint density at radius 1 is 1.37 bits per heavy atom. The predicted octanol–water partition coefficient (Wildman–Crippen LogP) is 1.21. The van der Waals surface area contributed by atoms with Gasteiger partial charge in [-0.05, 0) is 50.2 Å². The van der Waals surface area contributed by atoms with Crippen molar-refractivity contribution in [1.82, 2.24) is 3.97 Å². The Morgan fingerprint density at radius 2 is 1.95 bits per heavy atom. The number of carboxylic acid groups (broad SMARTS) is 1. The third kappa shape index (κ3) is 2.82. The summed E-state index contributed by atoms with van der Waals surface area (Å²) in [6, 6.07) is 1.77. The highest BCUT2D eigenvalue weighted by atomic mass is 32.2. The second kappa shape index (κ2) is 4.97. The molecule has 1 aliphatic rings. The Labute approximate surface area is 112 Å². The fourth-order valence-electron chi connectivity index (χ4n) is 2.87. The van der Waals surface area contributed by atoms with Gasteiger partial charge in [-0.1, -0.05) is 0 Å². The Balaban J connectivity index is 2.17. The lowest BCUT2D eigenvalue weighted by Gasteiger charge is -2.26. The molecule has 0 saturated heterocycles. The largest absolute Gasteiger partial charge is 0.481 e. The molecule has 1 saturated carbocycles. The summed E-state index contributed by atoms with van der Waals surface area (Å²) in [4.78, 5) is 10.9. The predicted molar refractivity (Wildman–Crippen MR) is 70.0 cm³/mol. The van der Waals surface area contributed by atoms with Crippen LogP contribution in [0.25, 0.3) is 0 Å². The Kier molecular flexibility index (Phi) is 3.69. The first-order valence-corrected chi connectivity index (χ1v) is 7.75. The molecule has 7 heteroatoms. The molecule has 0 unspecified atom stereocenters. The number of carbonyl (C=O) groups is 1. The molecule has 0 aromatic carbocycles. The molecular formula is C12H18N2O4S. The molecule has 0 spiro atoms. The van der Waals surface area contributed by atoms with Crippen molar-refractivity contribution in [3.63, 3.8) is 0 Å². The lowest BCUT2D eigenvalue weighted by Crippen LogP contribution is -2.23. The van der Waals surface area contributed by atoms with Gasteiger partial charge < -0.3 is 5.11 Å². The van der Waals surface area contributed by atoms with E-state index in [1.807, 2.05) is 0 Å². The third-order valence-corrected chi connectivity index (χ3v) is 4.87. The smallest absolute Gasteiger partial charge is 0.306 e. The molecule has 1 aromatic rings. The first-order chi connectivity index (χ1) is 8.80. The first kappa shape index (κ1) is 14.1. The van der Waals surface area contributed by atoms with E-state index in [0.717, 1.165) is 22.4 Å². The van der Waals surface area contributed by atoms with Gasteiger partial charge in [-0.15, -0.1) is 0 Å². The molecule has 19 heavy (non-hydrogen) atoms. The molecule has 1 fully saturated rings. The minimum atomic E-state index is -3.75. The SMILES string of the molecule is Cc1c(C2CCC(C(=O)O)CC2)ccn1S(N)(=O)=O. The van der Waals surface area contributed by atoms with E-state index in [1.54, 1.807) is 13.0 Å². The normalized spacial score (nSPS) is 24.3. The summed E-state index contributed by atoms with van der Waals surface area (Å²) in [5.74, 6) is -0.784. The lowest BCUT2D eigenvalue weighted by atomic mass is 9.79. The Bertz CT molecular complexity index is 583. The second-order valence-corrected chi connectivity index (χ2v) is 6.51. The quantitative estimate of drug-likeness (QED) is 0.871. The monoisotopic (exact) mass is 286 g/mol. The van der Waals surface area contributed by atoms with Crippen molar-refractivity contribution in [3.05, 3.63) is 23.5 Å². The summed E-state index contributed by atoms with van der Waals surface area (Å²) in [5, 5.41) is 14.1. The van der Waals surface area contributed by atoms with Crippen LogP contribution >= 0.6 is 0 Å². The van der Waals surface area contributed by atoms with Crippen LogP contribution < -0.4 is 5.14 Å². The molecule has 1 heterocycles. The van der Waals surface area contributed by atoms with E-state index in [0.29, 0.717) is 18.5 Å². The number of hydrogen-bond donors (Lipinski definition) is 2. The molecule has 0 amide bonds. The molecule has 1 aromatic heterocycles. The third-order valence-electron chi connectivity index (χ3n) is 3.93. The zero-order valence-corrected chi connectivity index (χ0v) is 11.6. The molecule has 106 valence electrons. The van der Waals surface area contributed by atoms with E-state index in [2.05, 4.69) is 0 Å². The van der Waals surface area contributed by atoms with Crippen molar-refractivity contribution in [2.45, 2.75) is 38.5 Å². The summed E-state index contributed by atoms with van der Waals surface area (Å²) >= 11 is 0. The van der Waals surface area contributed by atoms with Crippen molar-refractivity contribution < 1.29 is 18.3 Å². The van der Waals surface area contributed by atoms with E-state index in [9.17, 15) is 13.2 Å². The standard InChI is InChI=1S/C12H18N2O4S/c1-8-11(6-7-14(8)19(13,17)18)9-2-4-10(5-3-9)12(15)16/h6-7,9-10H,2-5H2,1H3,(H,15,16)(H2,13,17,18). The van der Waals surface area contributed by atoms with Crippen LogP contribution in [0.5, 0.6) is 0 Å². The van der Waals surface area contributed by atoms with Crippen molar-refractivity contribution in [1.29, 1.82) is 0 Å². The fraction of sp³-hybridized carbons (Fsp3) is 0.583. The molecule has 0 radical (unpaired) electrons. The number of aliphatic carboxylic acids is 1. The van der Waals surface area contributed by atoms with Gasteiger partial charge in [0, 0.05) is 11.9 Å². The van der Waals surface area contributed by atoms with E-state index < -0.39 is 16.2 Å². The molecule has 1 aliphatic carbocycles. The van der Waals surface area contributed by atoms with Crippen LogP contribution in [0.3, 0.4) is 0 Å². The molecule has 6 nitrogen and oxygen atoms in total. The van der Waals surface area contributed by atoms with Gasteiger partial charge >= 0.3 is 16.2 Å². The summed E-state index contributed by atoms with van der Waals surface area (Å²) in [6.45, 7) is 1.73. The maximum absolute atomic E-state index is 11.4. The van der Waals surface area contributed by atoms with Gasteiger partial charge in [0.2, 0.25) is 0 Å². The average molecular weight is 286 g/mol. The molecule has 0 aliphatic heterocycles. The van der Waals surface area contributed by atoms with Crippen LogP contribution in [0, 0.1) is 12.8 Å². The number of nitrogens with two attached hydrogens (primary N) is 1. The number of hydrogen-bond acceptors (Lipinski definition) is 3. The van der Waals surface area contributed by atoms with Crippen LogP contribution in [0.1, 0.15) is 42.9 Å². The van der Waals surface area contributed by atoms with Gasteiger partial charge in [0.25, 0.3) is 0 Å². The Hall–Kier alpha value is -1.34. The highest BCUT2D eigenvalue weighted by Crippen LogP contribution is 2.37. The van der Waals surface area contributed by atoms with Gasteiger partial charge in [0.15, 0.2) is 0 Å². The van der Waals surface area contributed by atoms with Gasteiger partial charge in [0.05, 0.1) is 5.92 Å². The van der Waals surface area contributed by atoms with Crippen molar-refractivity contribution >= 4 is 16.2 Å². The molecule has 3 N–H and O–H groups in total. The van der Waals surface area contributed by atoms with Gasteiger partial charge in [-0.25, -0.2) is 9.11 Å². The fourth-order valence-corrected chi connectivity index (χ4v) is 3.58. The molecule has 0 bridgehead atoms. The van der Waals surface area contributed by atoms with Crippen LogP contribution in [-0.2, 0) is 15.0 Å². The zero-order valence-electron chi connectivity index (χ0n) is 10.7. The van der Waals surface area contributed by atoms with Crippen molar-refractivity contribution in [2.24, 2.45) is 11.1 Å². The van der Waals surface area contributed by atoms with Crippen LogP contribution in [0.15, 0.2) is 12.3 Å². The van der Waals surface area contributed by atoms with Crippen LogP contribution in [0.4, 0.5) is 0 Å². The van der Waals surface area contributed by atoms with Crippen molar-refractivity contribution in [3.8, 4) is 0 Å². The van der Waals surface area contributed by atoms with Gasteiger partial charge in [0.1, 0.15) is 0 Å². The lowest BCUT2D eigenvalue weighted by molar-refractivity contribution is -0.142. The highest BCUT2D eigenvalue weighted by Gasteiger charge is 2.28. The maximum atomic E-state index is 11.4. The summed E-state index contributed by atoms with van der Waals surface area (Å²) in [5.41, 5.74) is 1.58. The minimum Gasteiger partial charge on any atom is -0.481 e. The highest BCUT2D eigenvalue weighted by molar-refractivity contribution is 7.87. The van der Waals surface area contributed by atoms with Gasteiger partial charge in [-0.3, -0.25) is 4.79 Å². The number of aromatic nitrogens is 1. The van der Waals surface area contributed by atoms with E-state index in [1.165, 1.54) is 6.20 Å². The summed E-state index contributed by atoms with van der Waals surface area (Å²) in [6.07, 6.45) is 4.28. The van der Waals surface area contributed by atoms with Crippen molar-refractivity contribution in [2.75, 3.05) is 0 Å². The van der Waals surface area contributed by atoms with E-state index in [-0.39, 0.29) is 11.8 Å². The van der Waals surface area contributed by atoms with E-state index >= 15 is 0 Å². The van der Waals surface area contributed by atoms with E-state index in [4.69, 9.17) is 10.2 Å². The topological polar surface area (TPSA) is 102 Å². The number of carboxylic acids is 1. The van der Waals surface area contributed by atoms with Gasteiger partial charge in [-0.2, -0.15) is 8.42 Å². The second-order valence-electron chi connectivity index (χ2n) is 5.08. The van der Waals surface area contributed by atoms with Crippen LogP contribution in [-0.4, -0.2) is 23.5 Å². The van der Waals surface area contributed by atoms with Crippen LogP contribution in [0.2, 0.25) is 0 Å². The molecular weight excluding hydrogens is 268 g/mol. The average Bonchev–Trinajstić information content (AvgIpc) is 2.71. The summed E-state index contributed by atoms with van der Waals surface area (Å²) < 4.78 is 23.8. The minimum absolute atomic E-state index is 0.221. The molecule has 0 atom stereocenters. The number of nitrogens with zero attached hydrogens (tertiary/aromatic N) is 1. The Morgan fingerprint density at radius 3 is 2.37 bits per heavy atom. The molecule has 2 rings (SSSR count). The summed E-state index contributed by atoms with van der Waals surface area (Å²) in [7, 11) is -3.75. The number of rotatable bonds is 3. The maximum Gasteiger partial charge on any atom is 0.306 e. The first-order valence-electron chi connectivity index (χ1n) is 6.24.